The summed E-state index contributed by atoms with van der Waals surface area (Å²) in [6.07, 6.45) is 5.09. The Hall–Kier alpha value is -0.0800. The molecule has 0 saturated heterocycles. The second kappa shape index (κ2) is 5.50. The van der Waals surface area contributed by atoms with Gasteiger partial charge < -0.3 is 11.1 Å². The minimum absolute atomic E-state index is 0.527. The Labute approximate surface area is 101 Å². The summed E-state index contributed by atoms with van der Waals surface area (Å²) in [5.41, 5.74) is 6.52. The number of rotatable bonds is 8. The number of hydrogen-bond donors (Lipinski definition) is 2. The third-order valence-electron chi connectivity index (χ3n) is 4.98. The van der Waals surface area contributed by atoms with Crippen molar-refractivity contribution >= 4 is 0 Å². The van der Waals surface area contributed by atoms with Gasteiger partial charge in [0.05, 0.1) is 0 Å². The summed E-state index contributed by atoms with van der Waals surface area (Å²) >= 11 is 0. The Bertz CT molecular complexity index is 195. The summed E-state index contributed by atoms with van der Waals surface area (Å²) in [6, 6.07) is 0. The van der Waals surface area contributed by atoms with Gasteiger partial charge in [0.15, 0.2) is 0 Å². The van der Waals surface area contributed by atoms with E-state index in [4.69, 9.17) is 5.73 Å². The van der Waals surface area contributed by atoms with E-state index in [2.05, 4.69) is 33.0 Å². The monoisotopic (exact) mass is 226 g/mol. The van der Waals surface area contributed by atoms with Gasteiger partial charge in [0.1, 0.15) is 0 Å². The van der Waals surface area contributed by atoms with Crippen LogP contribution in [0.1, 0.15) is 53.4 Å². The number of nitrogens with two attached hydrogens (primary N) is 1. The van der Waals surface area contributed by atoms with Gasteiger partial charge in [0, 0.05) is 0 Å². The third kappa shape index (κ3) is 2.98. The van der Waals surface area contributed by atoms with E-state index in [0.717, 1.165) is 12.5 Å². The summed E-state index contributed by atoms with van der Waals surface area (Å²) < 4.78 is 0. The van der Waals surface area contributed by atoms with Crippen LogP contribution in [0.5, 0.6) is 0 Å². The minimum atomic E-state index is 0.527. The molecule has 1 fully saturated rings. The van der Waals surface area contributed by atoms with E-state index in [1.807, 2.05) is 0 Å². The average Bonchev–Trinajstić information content (AvgIpc) is 2.58. The van der Waals surface area contributed by atoms with Gasteiger partial charge >= 0.3 is 0 Å². The largest absolute Gasteiger partial charge is 0.330 e. The molecule has 0 aromatic rings. The Morgan fingerprint density at radius 2 is 1.50 bits per heavy atom. The topological polar surface area (TPSA) is 38.0 Å². The molecule has 0 spiro atoms. The van der Waals surface area contributed by atoms with Gasteiger partial charge in [-0.05, 0) is 49.2 Å². The maximum atomic E-state index is 5.46. The van der Waals surface area contributed by atoms with Crippen molar-refractivity contribution < 1.29 is 0 Å². The molecule has 2 nitrogen and oxygen atoms in total. The van der Waals surface area contributed by atoms with Gasteiger partial charge in [-0.1, -0.05) is 40.5 Å². The number of unbranched alkanes of at least 4 members (excludes halogenated alkanes) is 3. The SMILES string of the molecule is CC1(C)C(CNCCCCCCN)C1(C)C. The Morgan fingerprint density at radius 1 is 0.938 bits per heavy atom. The van der Waals surface area contributed by atoms with Crippen LogP contribution < -0.4 is 11.1 Å². The molecule has 0 amide bonds. The van der Waals surface area contributed by atoms with Crippen molar-refractivity contribution in [2.75, 3.05) is 19.6 Å². The lowest BCUT2D eigenvalue weighted by molar-refractivity contribution is 0.457. The molecule has 2 heteroatoms. The summed E-state index contributed by atoms with van der Waals surface area (Å²) in [5, 5.41) is 3.60. The van der Waals surface area contributed by atoms with Crippen molar-refractivity contribution in [1.82, 2.24) is 5.32 Å². The molecule has 1 aliphatic rings. The molecule has 0 aliphatic heterocycles. The first-order valence-electron chi connectivity index (χ1n) is 6.85. The minimum Gasteiger partial charge on any atom is -0.330 e. The van der Waals surface area contributed by atoms with E-state index in [1.54, 1.807) is 0 Å². The van der Waals surface area contributed by atoms with Crippen molar-refractivity contribution in [3.63, 3.8) is 0 Å². The highest BCUT2D eigenvalue weighted by molar-refractivity contribution is 5.12. The predicted octanol–water partition coefficient (Wildman–Crippen LogP) is 2.78. The summed E-state index contributed by atoms with van der Waals surface area (Å²) in [4.78, 5) is 0. The van der Waals surface area contributed by atoms with E-state index in [-0.39, 0.29) is 0 Å². The van der Waals surface area contributed by atoms with Crippen molar-refractivity contribution in [3.05, 3.63) is 0 Å². The lowest BCUT2D eigenvalue weighted by Crippen LogP contribution is -2.20. The van der Waals surface area contributed by atoms with Gasteiger partial charge in [0.2, 0.25) is 0 Å². The van der Waals surface area contributed by atoms with E-state index in [1.165, 1.54) is 38.8 Å². The zero-order chi connectivity index (χ0) is 12.2. The van der Waals surface area contributed by atoms with Gasteiger partial charge in [-0.15, -0.1) is 0 Å². The van der Waals surface area contributed by atoms with E-state index >= 15 is 0 Å². The van der Waals surface area contributed by atoms with E-state index in [0.29, 0.717) is 10.8 Å². The first-order valence-corrected chi connectivity index (χ1v) is 6.85. The highest BCUT2D eigenvalue weighted by Crippen LogP contribution is 2.67. The van der Waals surface area contributed by atoms with Gasteiger partial charge in [-0.2, -0.15) is 0 Å². The molecule has 16 heavy (non-hydrogen) atoms. The summed E-state index contributed by atoms with van der Waals surface area (Å²) in [7, 11) is 0. The lowest BCUT2D eigenvalue weighted by atomic mass is 10.0. The molecular formula is C14H30N2. The molecular weight excluding hydrogens is 196 g/mol. The Morgan fingerprint density at radius 3 is 2.00 bits per heavy atom. The molecule has 0 aromatic heterocycles. The maximum absolute atomic E-state index is 5.46. The fraction of sp³-hybridized carbons (Fsp3) is 1.00. The number of nitrogens with one attached hydrogen (secondary N) is 1. The van der Waals surface area contributed by atoms with Gasteiger partial charge in [-0.3, -0.25) is 0 Å². The first kappa shape index (κ1) is 14.0. The summed E-state index contributed by atoms with van der Waals surface area (Å²) in [6.45, 7) is 12.8. The van der Waals surface area contributed by atoms with E-state index < -0.39 is 0 Å². The van der Waals surface area contributed by atoms with Crippen molar-refractivity contribution in [2.24, 2.45) is 22.5 Å². The van der Waals surface area contributed by atoms with E-state index in [9.17, 15) is 0 Å². The Balaban J connectivity index is 1.97. The normalized spacial score (nSPS) is 22.3. The molecule has 0 aromatic carbocycles. The molecule has 0 radical (unpaired) electrons. The molecule has 1 aliphatic carbocycles. The highest BCUT2D eigenvalue weighted by atomic mass is 14.9. The van der Waals surface area contributed by atoms with Crippen molar-refractivity contribution in [2.45, 2.75) is 53.4 Å². The van der Waals surface area contributed by atoms with Crippen LogP contribution in [-0.2, 0) is 0 Å². The standard InChI is InChI=1S/C14H30N2/c1-13(2)12(14(13,3)4)11-16-10-8-6-5-7-9-15/h12,16H,5-11,15H2,1-4H3. The summed E-state index contributed by atoms with van der Waals surface area (Å²) in [5.74, 6) is 0.851. The van der Waals surface area contributed by atoms with Crippen LogP contribution in [0.25, 0.3) is 0 Å². The lowest BCUT2D eigenvalue weighted by Gasteiger charge is -2.05. The molecule has 0 heterocycles. The predicted molar refractivity (Wildman–Crippen MR) is 71.4 cm³/mol. The smallest absolute Gasteiger partial charge is 0.000989 e. The van der Waals surface area contributed by atoms with Crippen LogP contribution >= 0.6 is 0 Å². The van der Waals surface area contributed by atoms with Crippen LogP contribution in [0.4, 0.5) is 0 Å². The van der Waals surface area contributed by atoms with Crippen molar-refractivity contribution in [3.8, 4) is 0 Å². The van der Waals surface area contributed by atoms with Crippen LogP contribution in [0.15, 0.2) is 0 Å². The van der Waals surface area contributed by atoms with Crippen LogP contribution in [0, 0.1) is 16.7 Å². The number of hydrogen-bond acceptors (Lipinski definition) is 2. The molecule has 96 valence electrons. The molecule has 0 atom stereocenters. The third-order valence-corrected chi connectivity index (χ3v) is 4.98. The van der Waals surface area contributed by atoms with Crippen LogP contribution in [0.2, 0.25) is 0 Å². The zero-order valence-electron chi connectivity index (χ0n) is 11.6. The highest BCUT2D eigenvalue weighted by Gasteiger charge is 2.63. The second-order valence-electron chi connectivity index (χ2n) is 6.40. The maximum Gasteiger partial charge on any atom is -0.000989 e. The van der Waals surface area contributed by atoms with Gasteiger partial charge in [-0.25, -0.2) is 0 Å². The molecule has 0 bridgehead atoms. The second-order valence-corrected chi connectivity index (χ2v) is 6.40. The molecule has 1 rings (SSSR count). The first-order chi connectivity index (χ1) is 7.44. The molecule has 0 unspecified atom stereocenters. The fourth-order valence-corrected chi connectivity index (χ4v) is 2.84. The fourth-order valence-electron chi connectivity index (χ4n) is 2.84. The zero-order valence-corrected chi connectivity index (χ0v) is 11.6. The molecule has 1 saturated carbocycles. The Kier molecular flexibility index (Phi) is 4.81. The van der Waals surface area contributed by atoms with Crippen LogP contribution in [-0.4, -0.2) is 19.6 Å². The average molecular weight is 226 g/mol. The molecule has 3 N–H and O–H groups in total. The quantitative estimate of drug-likeness (QED) is 0.625. The van der Waals surface area contributed by atoms with Crippen LogP contribution in [0.3, 0.4) is 0 Å². The van der Waals surface area contributed by atoms with Gasteiger partial charge in [0.25, 0.3) is 0 Å². The van der Waals surface area contributed by atoms with Crippen molar-refractivity contribution in [1.29, 1.82) is 0 Å².